The lowest BCUT2D eigenvalue weighted by Gasteiger charge is -2.16. The van der Waals surface area contributed by atoms with Crippen molar-refractivity contribution in [1.29, 1.82) is 0 Å². The van der Waals surface area contributed by atoms with Crippen LogP contribution < -0.4 is 10.6 Å². The van der Waals surface area contributed by atoms with E-state index in [-0.39, 0.29) is 28.5 Å². The molecule has 0 bridgehead atoms. The summed E-state index contributed by atoms with van der Waals surface area (Å²) in [6.07, 6.45) is 2.55. The van der Waals surface area contributed by atoms with Crippen molar-refractivity contribution in [3.63, 3.8) is 0 Å². The van der Waals surface area contributed by atoms with E-state index in [2.05, 4.69) is 10.6 Å². The van der Waals surface area contributed by atoms with E-state index >= 15 is 0 Å². The number of nitrogens with one attached hydrogen (secondary N) is 2. The Kier molecular flexibility index (Phi) is 5.67. The minimum atomic E-state index is -1.27. The topological polar surface area (TPSA) is 125 Å². The Bertz CT molecular complexity index is 920. The Morgan fingerprint density at radius 2 is 1.75 bits per heavy atom. The van der Waals surface area contributed by atoms with Crippen LogP contribution in [0.25, 0.3) is 10.8 Å². The molecule has 0 heterocycles. The molecule has 2 aromatic carbocycles. The van der Waals surface area contributed by atoms with Crippen LogP contribution >= 0.6 is 0 Å². The molecule has 8 nitrogen and oxygen atoms in total. The SMILES string of the molecule is C[C@@H](OC(=O)c1cc(O)c2ccccc2c1O)C(=O)NC(=O)NC1CCCC1. The summed E-state index contributed by atoms with van der Waals surface area (Å²) < 4.78 is 5.05. The van der Waals surface area contributed by atoms with Gasteiger partial charge in [0.25, 0.3) is 5.91 Å². The van der Waals surface area contributed by atoms with Crippen LogP contribution in [0.3, 0.4) is 0 Å². The van der Waals surface area contributed by atoms with Crippen molar-refractivity contribution in [2.24, 2.45) is 0 Å². The number of carbonyl (C=O) groups is 3. The highest BCUT2D eigenvalue weighted by Crippen LogP contribution is 2.35. The molecule has 2 aromatic rings. The molecule has 3 amide bonds. The molecule has 1 atom stereocenters. The summed E-state index contributed by atoms with van der Waals surface area (Å²) in [5.74, 6) is -2.33. The third-order valence-corrected chi connectivity index (χ3v) is 4.79. The van der Waals surface area contributed by atoms with E-state index in [1.165, 1.54) is 6.92 Å². The number of carbonyl (C=O) groups excluding carboxylic acids is 3. The molecule has 1 fully saturated rings. The van der Waals surface area contributed by atoms with Gasteiger partial charge in [0.1, 0.15) is 17.1 Å². The number of phenols is 2. The van der Waals surface area contributed by atoms with E-state index in [9.17, 15) is 24.6 Å². The molecular formula is C20H22N2O6. The molecule has 0 aromatic heterocycles. The fourth-order valence-corrected chi connectivity index (χ4v) is 3.28. The largest absolute Gasteiger partial charge is 0.507 e. The Hall–Kier alpha value is -3.29. The highest BCUT2D eigenvalue weighted by Gasteiger charge is 2.25. The second kappa shape index (κ2) is 8.16. The molecule has 0 spiro atoms. The minimum absolute atomic E-state index is 0.0446. The average molecular weight is 386 g/mol. The first kappa shape index (κ1) is 19.5. The maximum Gasteiger partial charge on any atom is 0.342 e. The molecule has 28 heavy (non-hydrogen) atoms. The molecule has 0 unspecified atom stereocenters. The van der Waals surface area contributed by atoms with Gasteiger partial charge in [-0.25, -0.2) is 9.59 Å². The molecule has 148 valence electrons. The second-order valence-electron chi connectivity index (χ2n) is 6.83. The van der Waals surface area contributed by atoms with Gasteiger partial charge >= 0.3 is 12.0 Å². The summed E-state index contributed by atoms with van der Waals surface area (Å²) >= 11 is 0. The predicted molar refractivity (Wildman–Crippen MR) is 101 cm³/mol. The Balaban J connectivity index is 1.65. The molecule has 8 heteroatoms. The molecule has 0 radical (unpaired) electrons. The maximum atomic E-state index is 12.4. The smallest absolute Gasteiger partial charge is 0.342 e. The standard InChI is InChI=1S/C20H22N2O6/c1-11(18(25)22-20(27)21-12-6-2-3-7-12)28-19(26)15-10-16(23)13-8-4-5-9-14(13)17(15)24/h4-5,8-12,23-24H,2-3,6-7H2,1H3,(H2,21,22,25,27)/t11-/m1/s1. The summed E-state index contributed by atoms with van der Waals surface area (Å²) in [4.78, 5) is 36.3. The van der Waals surface area contributed by atoms with Crippen molar-refractivity contribution < 1.29 is 29.3 Å². The second-order valence-corrected chi connectivity index (χ2v) is 6.83. The molecule has 1 aliphatic carbocycles. The van der Waals surface area contributed by atoms with Gasteiger partial charge in [-0.3, -0.25) is 10.1 Å². The van der Waals surface area contributed by atoms with E-state index in [4.69, 9.17) is 4.74 Å². The third kappa shape index (κ3) is 4.16. The highest BCUT2D eigenvalue weighted by molar-refractivity contribution is 6.04. The van der Waals surface area contributed by atoms with E-state index in [1.54, 1.807) is 24.3 Å². The third-order valence-electron chi connectivity index (χ3n) is 4.79. The summed E-state index contributed by atoms with van der Waals surface area (Å²) in [5.41, 5.74) is -0.272. The molecule has 0 saturated heterocycles. The van der Waals surface area contributed by atoms with Gasteiger partial charge in [-0.1, -0.05) is 37.1 Å². The summed E-state index contributed by atoms with van der Waals surface area (Å²) in [7, 11) is 0. The zero-order valence-electron chi connectivity index (χ0n) is 15.4. The first-order valence-corrected chi connectivity index (χ1v) is 9.13. The lowest BCUT2D eigenvalue weighted by molar-refractivity contribution is -0.127. The van der Waals surface area contributed by atoms with Gasteiger partial charge in [0, 0.05) is 16.8 Å². The van der Waals surface area contributed by atoms with E-state index in [0.29, 0.717) is 5.39 Å². The summed E-state index contributed by atoms with van der Waals surface area (Å²) in [6, 6.07) is 6.97. The number of imide groups is 1. The maximum absolute atomic E-state index is 12.4. The minimum Gasteiger partial charge on any atom is -0.507 e. The quantitative estimate of drug-likeness (QED) is 0.473. The van der Waals surface area contributed by atoms with Crippen molar-refractivity contribution in [3.05, 3.63) is 35.9 Å². The van der Waals surface area contributed by atoms with Gasteiger partial charge < -0.3 is 20.3 Å². The first-order chi connectivity index (χ1) is 13.4. The van der Waals surface area contributed by atoms with Crippen LogP contribution in [0, 0.1) is 0 Å². The number of hydrogen-bond acceptors (Lipinski definition) is 6. The van der Waals surface area contributed by atoms with Gasteiger partial charge in [0.15, 0.2) is 6.10 Å². The van der Waals surface area contributed by atoms with E-state index in [0.717, 1.165) is 31.7 Å². The first-order valence-electron chi connectivity index (χ1n) is 9.13. The van der Waals surface area contributed by atoms with Gasteiger partial charge in [-0.2, -0.15) is 0 Å². The van der Waals surface area contributed by atoms with Crippen molar-refractivity contribution in [1.82, 2.24) is 10.6 Å². The average Bonchev–Trinajstić information content (AvgIpc) is 3.17. The van der Waals surface area contributed by atoms with E-state index < -0.39 is 24.0 Å². The van der Waals surface area contributed by atoms with Crippen LogP contribution in [0.1, 0.15) is 43.0 Å². The Morgan fingerprint density at radius 3 is 2.43 bits per heavy atom. The van der Waals surface area contributed by atoms with Crippen molar-refractivity contribution in [2.45, 2.75) is 44.8 Å². The molecule has 0 aliphatic heterocycles. The number of rotatable bonds is 4. The number of fused-ring (bicyclic) bond motifs is 1. The van der Waals surface area contributed by atoms with Crippen LogP contribution in [0.2, 0.25) is 0 Å². The lowest BCUT2D eigenvalue weighted by Crippen LogP contribution is -2.47. The van der Waals surface area contributed by atoms with Crippen molar-refractivity contribution in [2.75, 3.05) is 0 Å². The molecule has 1 aliphatic rings. The number of aromatic hydroxyl groups is 2. The van der Waals surface area contributed by atoms with Gasteiger partial charge in [0.2, 0.25) is 0 Å². The van der Waals surface area contributed by atoms with Crippen molar-refractivity contribution in [3.8, 4) is 11.5 Å². The van der Waals surface area contributed by atoms with Crippen LogP contribution in [-0.4, -0.2) is 40.3 Å². The number of urea groups is 1. The molecule has 1 saturated carbocycles. The van der Waals surface area contributed by atoms with Crippen LogP contribution in [0.15, 0.2) is 30.3 Å². The number of phenolic OH excluding ortho intramolecular Hbond substituents is 2. The van der Waals surface area contributed by atoms with Gasteiger partial charge in [0.05, 0.1) is 0 Å². The monoisotopic (exact) mass is 386 g/mol. The summed E-state index contributed by atoms with van der Waals surface area (Å²) in [6.45, 7) is 1.31. The van der Waals surface area contributed by atoms with Crippen LogP contribution in [0.5, 0.6) is 11.5 Å². The number of hydrogen-bond donors (Lipinski definition) is 4. The molecule has 3 rings (SSSR count). The highest BCUT2D eigenvalue weighted by atomic mass is 16.5. The molecular weight excluding hydrogens is 364 g/mol. The van der Waals surface area contributed by atoms with E-state index in [1.807, 2.05) is 0 Å². The van der Waals surface area contributed by atoms with Gasteiger partial charge in [-0.05, 0) is 25.8 Å². The lowest BCUT2D eigenvalue weighted by atomic mass is 10.0. The number of ether oxygens (including phenoxy) is 1. The Morgan fingerprint density at radius 1 is 1.11 bits per heavy atom. The number of amides is 3. The summed E-state index contributed by atoms with van der Waals surface area (Å²) in [5, 5.41) is 25.9. The fraction of sp³-hybridized carbons (Fsp3) is 0.350. The predicted octanol–water partition coefficient (Wildman–Crippen LogP) is 2.56. The van der Waals surface area contributed by atoms with Crippen LogP contribution in [-0.2, 0) is 9.53 Å². The fourth-order valence-electron chi connectivity index (χ4n) is 3.28. The Labute approximate surface area is 161 Å². The molecule has 4 N–H and O–H groups in total. The number of esters is 1. The van der Waals surface area contributed by atoms with Gasteiger partial charge in [-0.15, -0.1) is 0 Å². The zero-order chi connectivity index (χ0) is 20.3. The number of benzene rings is 2. The zero-order valence-corrected chi connectivity index (χ0v) is 15.4. The van der Waals surface area contributed by atoms with Crippen LogP contribution in [0.4, 0.5) is 4.79 Å². The van der Waals surface area contributed by atoms with Crippen molar-refractivity contribution >= 4 is 28.7 Å². The normalized spacial score (nSPS) is 15.2.